The van der Waals surface area contributed by atoms with E-state index >= 15 is 0 Å². The molecular formula is C16H16ClN3S. The summed E-state index contributed by atoms with van der Waals surface area (Å²) in [4.78, 5) is 9.83. The highest BCUT2D eigenvalue weighted by Crippen LogP contribution is 2.37. The van der Waals surface area contributed by atoms with Crippen LogP contribution in [0.25, 0.3) is 21.3 Å². The summed E-state index contributed by atoms with van der Waals surface area (Å²) in [5.41, 5.74) is 3.49. The number of aromatic nitrogens is 2. The van der Waals surface area contributed by atoms with Crippen molar-refractivity contribution in [3.05, 3.63) is 40.4 Å². The number of hydrogen-bond acceptors (Lipinski definition) is 4. The van der Waals surface area contributed by atoms with Gasteiger partial charge in [0, 0.05) is 17.5 Å². The topological polar surface area (TPSA) is 37.8 Å². The van der Waals surface area contributed by atoms with E-state index in [1.165, 1.54) is 5.56 Å². The maximum absolute atomic E-state index is 6.38. The molecular weight excluding hydrogens is 302 g/mol. The van der Waals surface area contributed by atoms with Crippen LogP contribution in [0.4, 0.5) is 5.95 Å². The van der Waals surface area contributed by atoms with E-state index in [0.717, 1.165) is 34.3 Å². The van der Waals surface area contributed by atoms with Crippen molar-refractivity contribution in [3.8, 4) is 11.1 Å². The number of anilines is 1. The third-order valence-corrected chi connectivity index (χ3v) is 4.43. The Morgan fingerprint density at radius 1 is 1.19 bits per heavy atom. The smallest absolute Gasteiger partial charge is 0.225 e. The molecule has 2 heterocycles. The van der Waals surface area contributed by atoms with Gasteiger partial charge in [-0.25, -0.2) is 9.97 Å². The maximum atomic E-state index is 6.38. The first-order valence-electron chi connectivity index (χ1n) is 6.94. The Morgan fingerprint density at radius 2 is 1.95 bits per heavy atom. The zero-order valence-corrected chi connectivity index (χ0v) is 13.6. The van der Waals surface area contributed by atoms with Gasteiger partial charge in [0.15, 0.2) is 0 Å². The molecule has 3 rings (SSSR count). The Labute approximate surface area is 133 Å². The second-order valence-corrected chi connectivity index (χ2v) is 6.18. The highest BCUT2D eigenvalue weighted by molar-refractivity contribution is 7.17. The van der Waals surface area contributed by atoms with Crippen molar-refractivity contribution in [1.29, 1.82) is 0 Å². The van der Waals surface area contributed by atoms with Crippen LogP contribution in [0.15, 0.2) is 29.6 Å². The highest BCUT2D eigenvalue weighted by Gasteiger charge is 2.13. The molecule has 0 fully saturated rings. The molecule has 0 aliphatic rings. The van der Waals surface area contributed by atoms with Crippen LogP contribution in [0, 0.1) is 6.92 Å². The summed E-state index contributed by atoms with van der Waals surface area (Å²) in [5.74, 6) is 0.603. The largest absolute Gasteiger partial charge is 0.354 e. The lowest BCUT2D eigenvalue weighted by Gasteiger charge is -2.05. The van der Waals surface area contributed by atoms with E-state index in [2.05, 4.69) is 58.8 Å². The van der Waals surface area contributed by atoms with Crippen LogP contribution in [-0.4, -0.2) is 16.5 Å². The van der Waals surface area contributed by atoms with Gasteiger partial charge in [-0.15, -0.1) is 11.3 Å². The standard InChI is InChI=1S/C16H16ClN3S/c1-3-8-18-16-19-14(17)13-12(9-21-15(13)20-16)11-6-4-10(2)5-7-11/h4-7,9H,3,8H2,1-2H3,(H,18,19,20). The van der Waals surface area contributed by atoms with Crippen LogP contribution in [0.1, 0.15) is 18.9 Å². The predicted molar refractivity (Wildman–Crippen MR) is 91.4 cm³/mol. The molecule has 3 aromatic rings. The quantitative estimate of drug-likeness (QED) is 0.677. The molecule has 5 heteroatoms. The third-order valence-electron chi connectivity index (χ3n) is 3.29. The average Bonchev–Trinajstić information content (AvgIpc) is 2.90. The van der Waals surface area contributed by atoms with Crippen molar-refractivity contribution in [3.63, 3.8) is 0 Å². The number of hydrogen-bond donors (Lipinski definition) is 1. The molecule has 1 aromatic carbocycles. The number of rotatable bonds is 4. The van der Waals surface area contributed by atoms with E-state index in [9.17, 15) is 0 Å². The third kappa shape index (κ3) is 2.87. The van der Waals surface area contributed by atoms with Gasteiger partial charge >= 0.3 is 0 Å². The summed E-state index contributed by atoms with van der Waals surface area (Å²) >= 11 is 7.98. The molecule has 108 valence electrons. The first-order chi connectivity index (χ1) is 10.2. The number of benzene rings is 1. The summed E-state index contributed by atoms with van der Waals surface area (Å²) in [7, 11) is 0. The monoisotopic (exact) mass is 317 g/mol. The van der Waals surface area contributed by atoms with Crippen molar-refractivity contribution in [2.75, 3.05) is 11.9 Å². The molecule has 0 amide bonds. The average molecular weight is 318 g/mol. The first-order valence-corrected chi connectivity index (χ1v) is 8.20. The van der Waals surface area contributed by atoms with Crippen molar-refractivity contribution >= 4 is 39.1 Å². The van der Waals surface area contributed by atoms with Crippen LogP contribution >= 0.6 is 22.9 Å². The molecule has 0 atom stereocenters. The van der Waals surface area contributed by atoms with Gasteiger partial charge in [0.05, 0.1) is 5.39 Å². The zero-order chi connectivity index (χ0) is 14.8. The Hall–Kier alpha value is -1.65. The van der Waals surface area contributed by atoms with Crippen LogP contribution in [0.2, 0.25) is 5.15 Å². The van der Waals surface area contributed by atoms with Crippen molar-refractivity contribution in [1.82, 2.24) is 9.97 Å². The van der Waals surface area contributed by atoms with Gasteiger partial charge in [-0.2, -0.15) is 0 Å². The fourth-order valence-electron chi connectivity index (χ4n) is 2.16. The summed E-state index contributed by atoms with van der Waals surface area (Å²) < 4.78 is 0. The minimum absolute atomic E-state index is 0.510. The molecule has 0 spiro atoms. The molecule has 2 aromatic heterocycles. The van der Waals surface area contributed by atoms with Gasteiger partial charge in [0.2, 0.25) is 5.95 Å². The number of thiophene rings is 1. The normalized spacial score (nSPS) is 11.0. The van der Waals surface area contributed by atoms with Gasteiger partial charge in [-0.1, -0.05) is 48.4 Å². The van der Waals surface area contributed by atoms with Crippen LogP contribution in [0.3, 0.4) is 0 Å². The number of nitrogens with one attached hydrogen (secondary N) is 1. The SMILES string of the molecule is CCCNc1nc(Cl)c2c(-c3ccc(C)cc3)csc2n1. The van der Waals surface area contributed by atoms with Crippen molar-refractivity contribution in [2.24, 2.45) is 0 Å². The Morgan fingerprint density at radius 3 is 2.67 bits per heavy atom. The number of fused-ring (bicyclic) bond motifs is 1. The molecule has 0 aliphatic heterocycles. The maximum Gasteiger partial charge on any atom is 0.225 e. The van der Waals surface area contributed by atoms with E-state index in [1.54, 1.807) is 11.3 Å². The molecule has 0 saturated heterocycles. The molecule has 0 bridgehead atoms. The van der Waals surface area contributed by atoms with Gasteiger partial charge in [-0.3, -0.25) is 0 Å². The Balaban J connectivity index is 2.07. The minimum atomic E-state index is 0.510. The Bertz CT molecular complexity index is 765. The number of halogens is 1. The van der Waals surface area contributed by atoms with Gasteiger partial charge in [0.25, 0.3) is 0 Å². The number of aryl methyl sites for hydroxylation is 1. The summed E-state index contributed by atoms with van der Waals surface area (Å²) in [6.45, 7) is 5.03. The van der Waals surface area contributed by atoms with E-state index in [4.69, 9.17) is 11.6 Å². The fourth-order valence-corrected chi connectivity index (χ4v) is 3.44. The van der Waals surface area contributed by atoms with Gasteiger partial charge in [-0.05, 0) is 18.9 Å². The van der Waals surface area contributed by atoms with E-state index in [0.29, 0.717) is 11.1 Å². The molecule has 0 radical (unpaired) electrons. The molecule has 0 unspecified atom stereocenters. The van der Waals surface area contributed by atoms with Crippen molar-refractivity contribution < 1.29 is 0 Å². The van der Waals surface area contributed by atoms with Crippen molar-refractivity contribution in [2.45, 2.75) is 20.3 Å². The fraction of sp³-hybridized carbons (Fsp3) is 0.250. The predicted octanol–water partition coefficient (Wildman–Crippen LogP) is 5.14. The molecule has 1 N–H and O–H groups in total. The molecule has 3 nitrogen and oxygen atoms in total. The summed E-state index contributed by atoms with van der Waals surface area (Å²) in [6, 6.07) is 8.42. The zero-order valence-electron chi connectivity index (χ0n) is 12.0. The van der Waals surface area contributed by atoms with E-state index in [1.807, 2.05) is 0 Å². The second-order valence-electron chi connectivity index (χ2n) is 4.96. The van der Waals surface area contributed by atoms with E-state index in [-0.39, 0.29) is 0 Å². The van der Waals surface area contributed by atoms with Crippen LogP contribution < -0.4 is 5.32 Å². The highest BCUT2D eigenvalue weighted by atomic mass is 35.5. The first kappa shape index (κ1) is 14.3. The summed E-state index contributed by atoms with van der Waals surface area (Å²) in [6.07, 6.45) is 1.03. The lowest BCUT2D eigenvalue weighted by molar-refractivity contribution is 0.958. The summed E-state index contributed by atoms with van der Waals surface area (Å²) in [5, 5.41) is 6.73. The van der Waals surface area contributed by atoms with Crippen LogP contribution in [0.5, 0.6) is 0 Å². The van der Waals surface area contributed by atoms with Crippen LogP contribution in [-0.2, 0) is 0 Å². The number of nitrogens with zero attached hydrogens (tertiary/aromatic N) is 2. The molecule has 0 aliphatic carbocycles. The second kappa shape index (κ2) is 6.00. The van der Waals surface area contributed by atoms with Gasteiger partial charge in [0.1, 0.15) is 9.98 Å². The Kier molecular flexibility index (Phi) is 4.08. The lowest BCUT2D eigenvalue weighted by atomic mass is 10.1. The minimum Gasteiger partial charge on any atom is -0.354 e. The van der Waals surface area contributed by atoms with E-state index < -0.39 is 0 Å². The molecule has 0 saturated carbocycles. The molecule has 21 heavy (non-hydrogen) atoms. The van der Waals surface area contributed by atoms with Gasteiger partial charge < -0.3 is 5.32 Å². The lowest BCUT2D eigenvalue weighted by Crippen LogP contribution is -2.04.